The zero-order valence-electron chi connectivity index (χ0n) is 10.3. The van der Waals surface area contributed by atoms with Gasteiger partial charge in [-0.05, 0) is 30.4 Å². The van der Waals surface area contributed by atoms with E-state index in [0.717, 1.165) is 22.8 Å². The molecule has 1 atom stereocenters. The van der Waals surface area contributed by atoms with Gasteiger partial charge >= 0.3 is 0 Å². The first kappa shape index (κ1) is 12.2. The first-order valence-electron chi connectivity index (χ1n) is 5.74. The Morgan fingerprint density at radius 1 is 1.47 bits per heavy atom. The van der Waals surface area contributed by atoms with Crippen LogP contribution in [0.15, 0.2) is 12.3 Å². The average molecular weight is 251 g/mol. The zero-order chi connectivity index (χ0) is 12.4. The summed E-state index contributed by atoms with van der Waals surface area (Å²) in [7, 11) is 0. The highest BCUT2D eigenvalue weighted by Crippen LogP contribution is 2.28. The van der Waals surface area contributed by atoms with Gasteiger partial charge in [0.2, 0.25) is 0 Å². The minimum absolute atomic E-state index is 0.185. The Morgan fingerprint density at radius 3 is 2.88 bits per heavy atom. The van der Waals surface area contributed by atoms with Crippen molar-refractivity contribution in [2.45, 2.75) is 39.3 Å². The van der Waals surface area contributed by atoms with Crippen molar-refractivity contribution in [3.8, 4) is 0 Å². The molecule has 2 aromatic rings. The number of nitrogens with two attached hydrogens (primary N) is 1. The lowest BCUT2D eigenvalue weighted by atomic mass is 10.0. The van der Waals surface area contributed by atoms with E-state index in [1.54, 1.807) is 6.20 Å². The summed E-state index contributed by atoms with van der Waals surface area (Å²) in [6.07, 6.45) is 1.78. The Hall–Kier alpha value is -1.27. The minimum Gasteiger partial charge on any atom is -0.318 e. The van der Waals surface area contributed by atoms with E-state index in [4.69, 9.17) is 5.73 Å². The van der Waals surface area contributed by atoms with Crippen molar-refractivity contribution >= 4 is 11.5 Å². The third-order valence-electron chi connectivity index (χ3n) is 2.74. The molecule has 2 rings (SSSR count). The molecule has 2 N–H and O–H groups in total. The fraction of sp³-hybridized carbons (Fsp3) is 0.545. The van der Waals surface area contributed by atoms with Crippen LogP contribution in [0.2, 0.25) is 0 Å². The molecule has 0 radical (unpaired) electrons. The predicted octanol–water partition coefficient (Wildman–Crippen LogP) is 1.93. The maximum Gasteiger partial charge on any atom is 0.0852 e. The van der Waals surface area contributed by atoms with Crippen molar-refractivity contribution < 1.29 is 0 Å². The largest absolute Gasteiger partial charge is 0.318 e. The predicted molar refractivity (Wildman–Crippen MR) is 67.9 cm³/mol. The molecule has 0 aliphatic carbocycles. The Bertz CT molecular complexity index is 488. The first-order chi connectivity index (χ1) is 8.15. The lowest BCUT2D eigenvalue weighted by Crippen LogP contribution is -2.17. The molecule has 0 aliphatic rings. The molecule has 0 bridgehead atoms. The van der Waals surface area contributed by atoms with Crippen molar-refractivity contribution in [2.24, 2.45) is 5.73 Å². The summed E-state index contributed by atoms with van der Waals surface area (Å²) in [5, 5.41) is 8.40. The third kappa shape index (κ3) is 2.23. The molecule has 5 nitrogen and oxygen atoms in total. The molecule has 0 fully saturated rings. The molecule has 2 aromatic heterocycles. The SMILES string of the molecule is CCn1nccc1C(N)c1snnc1C(C)C. The second kappa shape index (κ2) is 4.93. The topological polar surface area (TPSA) is 69.6 Å². The number of aromatic nitrogens is 4. The Kier molecular flexibility index (Phi) is 3.54. The first-order valence-corrected chi connectivity index (χ1v) is 6.51. The Balaban J connectivity index is 2.37. The van der Waals surface area contributed by atoms with Crippen LogP contribution in [-0.2, 0) is 6.54 Å². The van der Waals surface area contributed by atoms with E-state index in [1.807, 2.05) is 10.7 Å². The summed E-state index contributed by atoms with van der Waals surface area (Å²) in [6.45, 7) is 7.07. The summed E-state index contributed by atoms with van der Waals surface area (Å²) >= 11 is 1.38. The lowest BCUT2D eigenvalue weighted by molar-refractivity contribution is 0.600. The van der Waals surface area contributed by atoms with Gasteiger partial charge in [-0.3, -0.25) is 4.68 Å². The molecule has 1 unspecified atom stereocenters. The van der Waals surface area contributed by atoms with Crippen molar-refractivity contribution in [3.05, 3.63) is 28.5 Å². The molecular weight excluding hydrogens is 234 g/mol. The van der Waals surface area contributed by atoms with E-state index >= 15 is 0 Å². The Morgan fingerprint density at radius 2 is 2.24 bits per heavy atom. The molecule has 92 valence electrons. The van der Waals surface area contributed by atoms with Gasteiger partial charge in [-0.15, -0.1) is 5.10 Å². The molecule has 0 saturated carbocycles. The molecule has 2 heterocycles. The highest BCUT2D eigenvalue weighted by molar-refractivity contribution is 7.05. The van der Waals surface area contributed by atoms with E-state index in [2.05, 4.69) is 35.5 Å². The molecule has 0 amide bonds. The van der Waals surface area contributed by atoms with Gasteiger partial charge in [-0.2, -0.15) is 5.10 Å². The fourth-order valence-corrected chi connectivity index (χ4v) is 2.65. The minimum atomic E-state index is -0.185. The van der Waals surface area contributed by atoms with Crippen molar-refractivity contribution in [3.63, 3.8) is 0 Å². The highest BCUT2D eigenvalue weighted by Gasteiger charge is 2.21. The van der Waals surface area contributed by atoms with Crippen LogP contribution in [0.25, 0.3) is 0 Å². The van der Waals surface area contributed by atoms with Gasteiger partial charge in [0.15, 0.2) is 0 Å². The van der Waals surface area contributed by atoms with Crippen LogP contribution in [-0.4, -0.2) is 19.4 Å². The van der Waals surface area contributed by atoms with Gasteiger partial charge in [-0.25, -0.2) is 0 Å². The third-order valence-corrected chi connectivity index (χ3v) is 3.56. The maximum atomic E-state index is 6.29. The molecule has 0 aromatic carbocycles. The monoisotopic (exact) mass is 251 g/mol. The molecule has 0 spiro atoms. The number of hydrogen-bond acceptors (Lipinski definition) is 5. The van der Waals surface area contributed by atoms with Crippen LogP contribution in [0.4, 0.5) is 0 Å². The number of aryl methyl sites for hydroxylation is 1. The van der Waals surface area contributed by atoms with Gasteiger partial charge in [0.25, 0.3) is 0 Å². The number of hydrogen-bond donors (Lipinski definition) is 1. The van der Waals surface area contributed by atoms with Gasteiger partial charge in [0, 0.05) is 12.7 Å². The maximum absolute atomic E-state index is 6.29. The van der Waals surface area contributed by atoms with Crippen LogP contribution in [0.3, 0.4) is 0 Å². The average Bonchev–Trinajstić information content (AvgIpc) is 2.96. The van der Waals surface area contributed by atoms with E-state index in [0.29, 0.717) is 5.92 Å². The molecule has 0 aliphatic heterocycles. The van der Waals surface area contributed by atoms with Crippen LogP contribution >= 0.6 is 11.5 Å². The van der Waals surface area contributed by atoms with Crippen LogP contribution in [0.1, 0.15) is 49.0 Å². The van der Waals surface area contributed by atoms with Gasteiger partial charge in [0.05, 0.1) is 22.3 Å². The summed E-state index contributed by atoms with van der Waals surface area (Å²) in [4.78, 5) is 1.04. The highest BCUT2D eigenvalue weighted by atomic mass is 32.1. The number of nitrogens with zero attached hydrogens (tertiary/aromatic N) is 4. The lowest BCUT2D eigenvalue weighted by Gasteiger charge is -2.13. The standard InChI is InChI=1S/C11H17N5S/c1-4-16-8(5-6-13-16)9(12)11-10(7(2)3)14-15-17-11/h5-7,9H,4,12H2,1-3H3. The van der Waals surface area contributed by atoms with Crippen molar-refractivity contribution in [2.75, 3.05) is 0 Å². The fourth-order valence-electron chi connectivity index (χ4n) is 1.83. The van der Waals surface area contributed by atoms with E-state index < -0.39 is 0 Å². The summed E-state index contributed by atoms with van der Waals surface area (Å²) < 4.78 is 5.92. The summed E-state index contributed by atoms with van der Waals surface area (Å²) in [6, 6.07) is 1.77. The second-order valence-corrected chi connectivity index (χ2v) is 5.01. The number of rotatable bonds is 4. The zero-order valence-corrected chi connectivity index (χ0v) is 11.1. The van der Waals surface area contributed by atoms with Gasteiger partial charge in [0.1, 0.15) is 0 Å². The van der Waals surface area contributed by atoms with Crippen molar-refractivity contribution in [1.29, 1.82) is 0 Å². The Labute approximate surface area is 105 Å². The molecular formula is C11H17N5S. The van der Waals surface area contributed by atoms with E-state index in [-0.39, 0.29) is 6.04 Å². The van der Waals surface area contributed by atoms with E-state index in [1.165, 1.54) is 11.5 Å². The van der Waals surface area contributed by atoms with Gasteiger partial charge in [-0.1, -0.05) is 18.3 Å². The second-order valence-electron chi connectivity index (χ2n) is 4.23. The van der Waals surface area contributed by atoms with Crippen molar-refractivity contribution in [1.82, 2.24) is 19.4 Å². The van der Waals surface area contributed by atoms with Crippen LogP contribution in [0.5, 0.6) is 0 Å². The molecule has 6 heteroatoms. The van der Waals surface area contributed by atoms with Gasteiger partial charge < -0.3 is 5.73 Å². The molecule has 17 heavy (non-hydrogen) atoms. The summed E-state index contributed by atoms with van der Waals surface area (Å²) in [5.41, 5.74) is 8.30. The van der Waals surface area contributed by atoms with E-state index in [9.17, 15) is 0 Å². The quantitative estimate of drug-likeness (QED) is 0.901. The van der Waals surface area contributed by atoms with Crippen LogP contribution < -0.4 is 5.73 Å². The smallest absolute Gasteiger partial charge is 0.0852 e. The van der Waals surface area contributed by atoms with Crippen LogP contribution in [0, 0.1) is 0 Å². The summed E-state index contributed by atoms with van der Waals surface area (Å²) in [5.74, 6) is 0.341. The normalized spacial score (nSPS) is 13.2. The molecule has 0 saturated heterocycles.